The lowest BCUT2D eigenvalue weighted by Crippen LogP contribution is -2.22. The lowest BCUT2D eigenvalue weighted by molar-refractivity contribution is -0.121. The number of carbonyl (C=O) groups is 1. The number of halogens is 1. The summed E-state index contributed by atoms with van der Waals surface area (Å²) < 4.78 is 5.21. The topological polar surface area (TPSA) is 68.0 Å². The predicted molar refractivity (Wildman–Crippen MR) is 89.2 cm³/mol. The highest BCUT2D eigenvalue weighted by Crippen LogP contribution is 2.18. The molecule has 0 atom stereocenters. The Bertz CT molecular complexity index is 645. The predicted octanol–water partition coefficient (Wildman–Crippen LogP) is 3.66. The van der Waals surface area contributed by atoms with Crippen LogP contribution in [0.3, 0.4) is 0 Å². The van der Waals surface area contributed by atoms with Crippen molar-refractivity contribution in [2.75, 3.05) is 0 Å². The van der Waals surface area contributed by atoms with E-state index in [2.05, 4.69) is 15.5 Å². The van der Waals surface area contributed by atoms with Gasteiger partial charge in [0.05, 0.1) is 0 Å². The standard InChI is InChI=1S/C17H22ClN3O2/c1-17(2,3)16-20-15(23-21-16)6-4-5-14(22)19-11-12-7-9-13(18)10-8-12/h7-10H,4-6,11H2,1-3H3,(H,19,22). The van der Waals surface area contributed by atoms with E-state index in [4.69, 9.17) is 16.1 Å². The van der Waals surface area contributed by atoms with Crippen molar-refractivity contribution in [3.63, 3.8) is 0 Å². The van der Waals surface area contributed by atoms with Crippen LogP contribution in [0.4, 0.5) is 0 Å². The second kappa shape index (κ2) is 7.59. The molecule has 0 saturated carbocycles. The summed E-state index contributed by atoms with van der Waals surface area (Å²) >= 11 is 5.82. The number of amides is 1. The second-order valence-corrected chi connectivity index (χ2v) is 6.95. The minimum atomic E-state index is -0.127. The SMILES string of the molecule is CC(C)(C)c1noc(CCCC(=O)NCc2ccc(Cl)cc2)n1. The summed E-state index contributed by atoms with van der Waals surface area (Å²) in [5, 5.41) is 7.55. The van der Waals surface area contributed by atoms with E-state index in [1.54, 1.807) is 0 Å². The fraction of sp³-hybridized carbons (Fsp3) is 0.471. The molecule has 2 rings (SSSR count). The minimum absolute atomic E-state index is 0.00973. The van der Waals surface area contributed by atoms with Gasteiger partial charge in [-0.25, -0.2) is 0 Å². The molecule has 124 valence electrons. The van der Waals surface area contributed by atoms with Crippen LogP contribution in [0.5, 0.6) is 0 Å². The molecule has 1 heterocycles. The Hall–Kier alpha value is -1.88. The monoisotopic (exact) mass is 335 g/mol. The first kappa shape index (κ1) is 17.5. The van der Waals surface area contributed by atoms with Gasteiger partial charge in [-0.1, -0.05) is 49.7 Å². The number of nitrogens with zero attached hydrogens (tertiary/aromatic N) is 2. The third-order valence-corrected chi connectivity index (χ3v) is 3.59. The van der Waals surface area contributed by atoms with E-state index in [0.29, 0.717) is 42.5 Å². The molecule has 1 amide bonds. The molecule has 0 saturated heterocycles. The number of hydrogen-bond donors (Lipinski definition) is 1. The average Bonchev–Trinajstić information content (AvgIpc) is 2.96. The fourth-order valence-corrected chi connectivity index (χ4v) is 2.08. The zero-order chi connectivity index (χ0) is 16.9. The highest BCUT2D eigenvalue weighted by Gasteiger charge is 2.20. The van der Waals surface area contributed by atoms with Crippen molar-refractivity contribution >= 4 is 17.5 Å². The van der Waals surface area contributed by atoms with Crippen LogP contribution in [0.1, 0.15) is 50.9 Å². The molecule has 1 N–H and O–H groups in total. The quantitative estimate of drug-likeness (QED) is 0.874. The summed E-state index contributed by atoms with van der Waals surface area (Å²) in [6.45, 7) is 6.61. The molecular formula is C17H22ClN3O2. The summed E-state index contributed by atoms with van der Waals surface area (Å²) in [6.07, 6.45) is 1.72. The van der Waals surface area contributed by atoms with E-state index >= 15 is 0 Å². The number of nitrogens with one attached hydrogen (secondary N) is 1. The van der Waals surface area contributed by atoms with Crippen molar-refractivity contribution in [2.45, 2.75) is 52.0 Å². The molecule has 0 aliphatic heterocycles. The molecule has 1 aromatic carbocycles. The Kier molecular flexibility index (Phi) is 5.77. The van der Waals surface area contributed by atoms with Crippen molar-refractivity contribution < 1.29 is 9.32 Å². The molecular weight excluding hydrogens is 314 g/mol. The van der Waals surface area contributed by atoms with Crippen LogP contribution in [-0.4, -0.2) is 16.0 Å². The van der Waals surface area contributed by atoms with Gasteiger partial charge in [-0.3, -0.25) is 4.79 Å². The Balaban J connectivity index is 1.70. The van der Waals surface area contributed by atoms with Crippen molar-refractivity contribution in [3.8, 4) is 0 Å². The van der Waals surface area contributed by atoms with E-state index < -0.39 is 0 Å². The minimum Gasteiger partial charge on any atom is -0.352 e. The zero-order valence-corrected chi connectivity index (χ0v) is 14.5. The summed E-state index contributed by atoms with van der Waals surface area (Å²) in [5.41, 5.74) is 0.895. The molecule has 0 fully saturated rings. The van der Waals surface area contributed by atoms with Crippen LogP contribution >= 0.6 is 11.6 Å². The smallest absolute Gasteiger partial charge is 0.226 e. The van der Waals surface area contributed by atoms with Crippen molar-refractivity contribution in [3.05, 3.63) is 46.6 Å². The van der Waals surface area contributed by atoms with Gasteiger partial charge in [-0.15, -0.1) is 0 Å². The molecule has 0 bridgehead atoms. The van der Waals surface area contributed by atoms with E-state index in [1.807, 2.05) is 45.0 Å². The Morgan fingerprint density at radius 1 is 1.26 bits per heavy atom. The molecule has 0 radical (unpaired) electrons. The van der Waals surface area contributed by atoms with Gasteiger partial charge >= 0.3 is 0 Å². The summed E-state index contributed by atoms with van der Waals surface area (Å²) in [7, 11) is 0. The average molecular weight is 336 g/mol. The number of hydrogen-bond acceptors (Lipinski definition) is 4. The number of aromatic nitrogens is 2. The molecule has 0 aliphatic carbocycles. The first-order valence-corrected chi connectivity index (χ1v) is 8.06. The van der Waals surface area contributed by atoms with Crippen LogP contribution < -0.4 is 5.32 Å². The Morgan fingerprint density at radius 3 is 2.57 bits per heavy atom. The van der Waals surface area contributed by atoms with E-state index in [-0.39, 0.29) is 11.3 Å². The molecule has 5 nitrogen and oxygen atoms in total. The summed E-state index contributed by atoms with van der Waals surface area (Å²) in [5.74, 6) is 1.29. The number of carbonyl (C=O) groups excluding carboxylic acids is 1. The van der Waals surface area contributed by atoms with Crippen LogP contribution in [0.2, 0.25) is 5.02 Å². The Labute approximate surface area is 141 Å². The number of benzene rings is 1. The third kappa shape index (κ3) is 5.67. The van der Waals surface area contributed by atoms with Gasteiger partial charge in [0.25, 0.3) is 0 Å². The second-order valence-electron chi connectivity index (χ2n) is 6.52. The number of rotatable bonds is 6. The van der Waals surface area contributed by atoms with Crippen molar-refractivity contribution in [2.24, 2.45) is 0 Å². The highest BCUT2D eigenvalue weighted by atomic mass is 35.5. The van der Waals surface area contributed by atoms with Crippen LogP contribution in [0.15, 0.2) is 28.8 Å². The molecule has 0 unspecified atom stereocenters. The van der Waals surface area contributed by atoms with Crippen molar-refractivity contribution in [1.29, 1.82) is 0 Å². The molecule has 1 aromatic heterocycles. The lowest BCUT2D eigenvalue weighted by atomic mass is 9.96. The van der Waals surface area contributed by atoms with Gasteiger partial charge in [0, 0.05) is 29.8 Å². The largest absolute Gasteiger partial charge is 0.352 e. The van der Waals surface area contributed by atoms with Crippen LogP contribution in [0.25, 0.3) is 0 Å². The molecule has 2 aromatic rings. The van der Waals surface area contributed by atoms with Gasteiger partial charge in [0.1, 0.15) is 0 Å². The molecule has 23 heavy (non-hydrogen) atoms. The maximum absolute atomic E-state index is 11.8. The molecule has 0 aliphatic rings. The van der Waals surface area contributed by atoms with E-state index in [1.165, 1.54) is 0 Å². The van der Waals surface area contributed by atoms with Gasteiger partial charge < -0.3 is 9.84 Å². The van der Waals surface area contributed by atoms with Crippen LogP contribution in [-0.2, 0) is 23.2 Å². The van der Waals surface area contributed by atoms with Crippen LogP contribution in [0, 0.1) is 0 Å². The zero-order valence-electron chi connectivity index (χ0n) is 13.7. The maximum atomic E-state index is 11.8. The van der Waals surface area contributed by atoms with E-state index in [0.717, 1.165) is 5.56 Å². The third-order valence-electron chi connectivity index (χ3n) is 3.34. The van der Waals surface area contributed by atoms with Crippen molar-refractivity contribution in [1.82, 2.24) is 15.5 Å². The normalized spacial score (nSPS) is 11.5. The fourth-order valence-electron chi connectivity index (χ4n) is 1.95. The summed E-state index contributed by atoms with van der Waals surface area (Å²) in [4.78, 5) is 16.2. The van der Waals surface area contributed by atoms with Gasteiger partial charge in [0.2, 0.25) is 11.8 Å². The number of aryl methyl sites for hydroxylation is 1. The van der Waals surface area contributed by atoms with E-state index in [9.17, 15) is 4.79 Å². The highest BCUT2D eigenvalue weighted by molar-refractivity contribution is 6.30. The molecule has 6 heteroatoms. The first-order chi connectivity index (χ1) is 10.8. The lowest BCUT2D eigenvalue weighted by Gasteiger charge is -2.10. The maximum Gasteiger partial charge on any atom is 0.226 e. The van der Waals surface area contributed by atoms with Gasteiger partial charge in [-0.2, -0.15) is 4.98 Å². The summed E-state index contributed by atoms with van der Waals surface area (Å²) in [6, 6.07) is 7.42. The van der Waals surface area contributed by atoms with Gasteiger partial charge in [0.15, 0.2) is 5.82 Å². The first-order valence-electron chi connectivity index (χ1n) is 7.69. The molecule has 0 spiro atoms. The Morgan fingerprint density at radius 2 is 1.96 bits per heavy atom. The van der Waals surface area contributed by atoms with Gasteiger partial charge in [-0.05, 0) is 24.1 Å².